The number of carbonyl (C=O) groups is 1. The number of rotatable bonds is 3. The SMILES string of the molecule is CC(CC(=O)[O-])P(=O)([O-])O. The molecule has 0 aromatic heterocycles. The van der Waals surface area contributed by atoms with Crippen molar-refractivity contribution >= 4 is 13.6 Å². The van der Waals surface area contributed by atoms with Gasteiger partial charge in [0.1, 0.15) is 7.60 Å². The molecule has 0 aromatic carbocycles. The van der Waals surface area contributed by atoms with Crippen molar-refractivity contribution in [3.8, 4) is 0 Å². The van der Waals surface area contributed by atoms with Gasteiger partial charge in [0.25, 0.3) is 0 Å². The van der Waals surface area contributed by atoms with Gasteiger partial charge in [-0.15, -0.1) is 0 Å². The van der Waals surface area contributed by atoms with E-state index in [2.05, 4.69) is 0 Å². The number of carboxylic acids is 1. The van der Waals surface area contributed by atoms with Gasteiger partial charge in [0.05, 0.1) is 0 Å². The molecular formula is C4H7O5P-2. The van der Waals surface area contributed by atoms with Gasteiger partial charge in [-0.2, -0.15) is 0 Å². The van der Waals surface area contributed by atoms with Gasteiger partial charge < -0.3 is 24.3 Å². The lowest BCUT2D eigenvalue weighted by Crippen LogP contribution is -2.28. The summed E-state index contributed by atoms with van der Waals surface area (Å²) in [6.07, 6.45) is -0.669. The van der Waals surface area contributed by atoms with Crippen LogP contribution in [-0.4, -0.2) is 16.5 Å². The monoisotopic (exact) mass is 166 g/mol. The first-order valence-corrected chi connectivity index (χ1v) is 4.22. The van der Waals surface area contributed by atoms with E-state index < -0.39 is 25.6 Å². The lowest BCUT2D eigenvalue weighted by molar-refractivity contribution is -0.306. The first-order valence-electron chi connectivity index (χ1n) is 2.57. The molecule has 1 N–H and O–H groups in total. The van der Waals surface area contributed by atoms with Crippen molar-refractivity contribution in [1.29, 1.82) is 0 Å². The number of hydrogen-bond acceptors (Lipinski definition) is 4. The van der Waals surface area contributed by atoms with Crippen LogP contribution in [0, 0.1) is 0 Å². The molecule has 10 heavy (non-hydrogen) atoms. The van der Waals surface area contributed by atoms with Gasteiger partial charge in [-0.25, -0.2) is 0 Å². The third kappa shape index (κ3) is 3.61. The molecule has 2 atom stereocenters. The Labute approximate surface area is 57.8 Å². The number of carbonyl (C=O) groups excluding carboxylic acids is 1. The van der Waals surface area contributed by atoms with Crippen LogP contribution in [0.25, 0.3) is 0 Å². The third-order valence-electron chi connectivity index (χ3n) is 1.02. The molecule has 6 heteroatoms. The second-order valence-electron chi connectivity index (χ2n) is 1.99. The van der Waals surface area contributed by atoms with Crippen LogP contribution in [0.15, 0.2) is 0 Å². The summed E-state index contributed by atoms with van der Waals surface area (Å²) in [5, 5.41) is 9.77. The Balaban J connectivity index is 3.98. The number of carboxylic acid groups (broad SMARTS) is 1. The van der Waals surface area contributed by atoms with Gasteiger partial charge in [-0.3, -0.25) is 0 Å². The molecule has 0 rings (SSSR count). The highest BCUT2D eigenvalue weighted by atomic mass is 31.2. The Morgan fingerprint density at radius 2 is 2.20 bits per heavy atom. The Bertz CT molecular complexity index is 170. The van der Waals surface area contributed by atoms with Gasteiger partial charge in [0.2, 0.25) is 0 Å². The molecule has 0 aromatic rings. The van der Waals surface area contributed by atoms with Crippen LogP contribution in [0.5, 0.6) is 0 Å². The van der Waals surface area contributed by atoms with E-state index in [-0.39, 0.29) is 0 Å². The molecule has 0 bridgehead atoms. The van der Waals surface area contributed by atoms with E-state index in [1.807, 2.05) is 0 Å². The summed E-state index contributed by atoms with van der Waals surface area (Å²) in [5.41, 5.74) is -1.27. The number of hydrogen-bond donors (Lipinski definition) is 1. The van der Waals surface area contributed by atoms with Gasteiger partial charge >= 0.3 is 0 Å². The Hall–Kier alpha value is -0.380. The van der Waals surface area contributed by atoms with Crippen molar-refractivity contribution in [3.05, 3.63) is 0 Å². The Kier molecular flexibility index (Phi) is 3.02. The summed E-state index contributed by atoms with van der Waals surface area (Å²) in [6.45, 7) is 1.10. The molecule has 0 aliphatic rings. The molecular weight excluding hydrogens is 159 g/mol. The average Bonchev–Trinajstić information content (AvgIpc) is 1.60. The van der Waals surface area contributed by atoms with E-state index in [0.29, 0.717) is 0 Å². The summed E-state index contributed by atoms with van der Waals surface area (Å²) in [6, 6.07) is 0. The molecule has 0 saturated carbocycles. The van der Waals surface area contributed by atoms with Crippen LogP contribution < -0.4 is 10.00 Å². The standard InChI is InChI=1S/C4H9O5P/c1-3(2-4(5)6)10(7,8)9/h3H,2H2,1H3,(H,5,6)(H2,7,8,9)/p-2. The van der Waals surface area contributed by atoms with E-state index in [1.54, 1.807) is 0 Å². The maximum absolute atomic E-state index is 10.2. The second kappa shape index (κ2) is 3.14. The zero-order chi connectivity index (χ0) is 8.36. The summed E-state index contributed by atoms with van der Waals surface area (Å²) >= 11 is 0. The molecule has 2 unspecified atom stereocenters. The summed E-state index contributed by atoms with van der Waals surface area (Å²) in [4.78, 5) is 28.2. The predicted molar refractivity (Wildman–Crippen MR) is 28.9 cm³/mol. The van der Waals surface area contributed by atoms with Crippen LogP contribution in [0.4, 0.5) is 0 Å². The molecule has 0 amide bonds. The highest BCUT2D eigenvalue weighted by Crippen LogP contribution is 2.37. The minimum Gasteiger partial charge on any atom is -0.778 e. The summed E-state index contributed by atoms with van der Waals surface area (Å²) in [7, 11) is -4.48. The average molecular weight is 166 g/mol. The van der Waals surface area contributed by atoms with Crippen LogP contribution in [0.1, 0.15) is 13.3 Å². The largest absolute Gasteiger partial charge is 0.778 e. The zero-order valence-corrected chi connectivity index (χ0v) is 6.21. The highest BCUT2D eigenvalue weighted by Gasteiger charge is 2.13. The Morgan fingerprint density at radius 3 is 2.30 bits per heavy atom. The lowest BCUT2D eigenvalue weighted by atomic mass is 10.3. The van der Waals surface area contributed by atoms with Crippen LogP contribution in [-0.2, 0) is 9.36 Å². The fourth-order valence-corrected chi connectivity index (χ4v) is 0.736. The van der Waals surface area contributed by atoms with E-state index in [0.717, 1.165) is 6.92 Å². The molecule has 0 saturated heterocycles. The minimum atomic E-state index is -4.48. The predicted octanol–water partition coefficient (Wildman–Crippen LogP) is -1.94. The minimum absolute atomic E-state index is 0.669. The molecule has 0 aliphatic carbocycles. The molecule has 0 aliphatic heterocycles. The molecule has 0 heterocycles. The van der Waals surface area contributed by atoms with Crippen molar-refractivity contribution in [1.82, 2.24) is 0 Å². The van der Waals surface area contributed by atoms with Crippen LogP contribution >= 0.6 is 7.60 Å². The van der Waals surface area contributed by atoms with Gasteiger partial charge in [-0.1, -0.05) is 6.92 Å². The van der Waals surface area contributed by atoms with Gasteiger partial charge in [0.15, 0.2) is 0 Å². The Morgan fingerprint density at radius 1 is 1.80 bits per heavy atom. The fraction of sp³-hybridized carbons (Fsp3) is 0.750. The molecule has 0 fully saturated rings. The topological polar surface area (TPSA) is 100 Å². The van der Waals surface area contributed by atoms with Crippen LogP contribution in [0.2, 0.25) is 0 Å². The van der Waals surface area contributed by atoms with Crippen molar-refractivity contribution in [2.24, 2.45) is 0 Å². The van der Waals surface area contributed by atoms with Crippen molar-refractivity contribution in [2.75, 3.05) is 0 Å². The van der Waals surface area contributed by atoms with Gasteiger partial charge in [0, 0.05) is 11.6 Å². The summed E-state index contributed by atoms with van der Waals surface area (Å²) < 4.78 is 10.2. The first kappa shape index (κ1) is 9.62. The van der Waals surface area contributed by atoms with Crippen molar-refractivity contribution in [3.63, 3.8) is 0 Å². The molecule has 0 spiro atoms. The second-order valence-corrected chi connectivity index (χ2v) is 4.00. The van der Waals surface area contributed by atoms with Gasteiger partial charge in [-0.05, 0) is 6.42 Å². The maximum Gasteiger partial charge on any atom is 0.135 e. The normalized spacial score (nSPS) is 19.5. The van der Waals surface area contributed by atoms with E-state index in [4.69, 9.17) is 4.89 Å². The van der Waals surface area contributed by atoms with Crippen molar-refractivity contribution in [2.45, 2.75) is 19.0 Å². The number of aliphatic carboxylic acids is 1. The quantitative estimate of drug-likeness (QED) is 0.491. The van der Waals surface area contributed by atoms with Crippen LogP contribution in [0.3, 0.4) is 0 Å². The van der Waals surface area contributed by atoms with E-state index in [1.165, 1.54) is 0 Å². The smallest absolute Gasteiger partial charge is 0.135 e. The molecule has 5 nitrogen and oxygen atoms in total. The first-order chi connectivity index (χ1) is 4.34. The lowest BCUT2D eigenvalue weighted by Gasteiger charge is -2.23. The summed E-state index contributed by atoms with van der Waals surface area (Å²) in [5.74, 6) is -1.49. The molecule has 60 valence electrons. The third-order valence-corrected chi connectivity index (χ3v) is 2.32. The fourth-order valence-electron chi connectivity index (χ4n) is 0.357. The zero-order valence-electron chi connectivity index (χ0n) is 5.31. The maximum atomic E-state index is 10.2. The van der Waals surface area contributed by atoms with Crippen molar-refractivity contribution < 1.29 is 24.3 Å². The molecule has 0 radical (unpaired) electrons. The van der Waals surface area contributed by atoms with E-state index >= 15 is 0 Å². The highest BCUT2D eigenvalue weighted by molar-refractivity contribution is 7.51. The van der Waals surface area contributed by atoms with E-state index in [9.17, 15) is 19.4 Å².